The highest BCUT2D eigenvalue weighted by Gasteiger charge is 2.17. The zero-order valence-corrected chi connectivity index (χ0v) is 14.6. The van der Waals surface area contributed by atoms with E-state index in [0.29, 0.717) is 0 Å². The van der Waals surface area contributed by atoms with E-state index < -0.39 is 0 Å². The molecule has 0 saturated carbocycles. The van der Waals surface area contributed by atoms with E-state index in [2.05, 4.69) is 64.4 Å². The Bertz CT molecular complexity index is 658. The van der Waals surface area contributed by atoms with Crippen LogP contribution in [0.2, 0.25) is 0 Å². The van der Waals surface area contributed by atoms with Gasteiger partial charge in [0.05, 0.1) is 0 Å². The minimum Gasteiger partial charge on any atom is -0.369 e. The number of nitrogens with zero attached hydrogens (tertiary/aromatic N) is 2. The molecule has 0 spiro atoms. The van der Waals surface area contributed by atoms with Crippen molar-refractivity contribution in [3.05, 3.63) is 65.7 Å². The van der Waals surface area contributed by atoms with Crippen LogP contribution in [0.15, 0.2) is 54.6 Å². The van der Waals surface area contributed by atoms with E-state index in [-0.39, 0.29) is 11.7 Å². The summed E-state index contributed by atoms with van der Waals surface area (Å²) in [4.78, 5) is 16.4. The fourth-order valence-electron chi connectivity index (χ4n) is 3.21. The van der Waals surface area contributed by atoms with Crippen molar-refractivity contribution in [3.8, 4) is 0 Å². The highest BCUT2D eigenvalue weighted by atomic mass is 16.1. The van der Waals surface area contributed by atoms with Gasteiger partial charge in [0.2, 0.25) is 0 Å². The van der Waals surface area contributed by atoms with Crippen molar-refractivity contribution in [1.82, 2.24) is 4.90 Å². The predicted molar refractivity (Wildman–Crippen MR) is 99.5 cm³/mol. The molecule has 0 N–H and O–H groups in total. The van der Waals surface area contributed by atoms with Crippen molar-refractivity contribution in [2.24, 2.45) is 0 Å². The zero-order valence-electron chi connectivity index (χ0n) is 14.6. The topological polar surface area (TPSA) is 23.6 Å². The Hall–Kier alpha value is -2.13. The fraction of sp³-hybridized carbons (Fsp3) is 0.381. The third-order valence-electron chi connectivity index (χ3n) is 4.99. The first-order chi connectivity index (χ1) is 11.6. The molecule has 1 aliphatic rings. The first-order valence-corrected chi connectivity index (χ1v) is 8.75. The maximum atomic E-state index is 11.5. The lowest BCUT2D eigenvalue weighted by atomic mass is 9.96. The maximum absolute atomic E-state index is 11.5. The second-order valence-electron chi connectivity index (χ2n) is 6.67. The van der Waals surface area contributed by atoms with Gasteiger partial charge in [0, 0.05) is 44.3 Å². The molecule has 24 heavy (non-hydrogen) atoms. The van der Waals surface area contributed by atoms with Gasteiger partial charge in [0.15, 0.2) is 0 Å². The average Bonchev–Trinajstić information content (AvgIpc) is 2.63. The van der Waals surface area contributed by atoms with Crippen LogP contribution in [-0.4, -0.2) is 36.9 Å². The van der Waals surface area contributed by atoms with E-state index in [1.54, 1.807) is 6.92 Å². The van der Waals surface area contributed by atoms with Gasteiger partial charge < -0.3 is 4.90 Å². The average molecular weight is 322 g/mol. The van der Waals surface area contributed by atoms with Gasteiger partial charge in [-0.25, -0.2) is 0 Å². The highest BCUT2D eigenvalue weighted by Crippen LogP contribution is 2.19. The van der Waals surface area contributed by atoms with Crippen LogP contribution in [0.4, 0.5) is 5.69 Å². The van der Waals surface area contributed by atoms with Crippen molar-refractivity contribution >= 4 is 11.5 Å². The molecule has 1 saturated heterocycles. The van der Waals surface area contributed by atoms with E-state index in [1.165, 1.54) is 11.3 Å². The summed E-state index contributed by atoms with van der Waals surface area (Å²) in [6, 6.07) is 19.2. The van der Waals surface area contributed by atoms with Crippen LogP contribution in [-0.2, 0) is 11.3 Å². The molecule has 0 bridgehead atoms. The molecule has 1 heterocycles. The van der Waals surface area contributed by atoms with Gasteiger partial charge >= 0.3 is 0 Å². The number of hydrogen-bond acceptors (Lipinski definition) is 3. The van der Waals surface area contributed by atoms with Crippen LogP contribution in [0.3, 0.4) is 0 Å². The second kappa shape index (κ2) is 7.63. The number of carbonyl (C=O) groups excluding carboxylic acids is 1. The summed E-state index contributed by atoms with van der Waals surface area (Å²) < 4.78 is 0. The van der Waals surface area contributed by atoms with Crippen molar-refractivity contribution < 1.29 is 4.79 Å². The maximum Gasteiger partial charge on any atom is 0.136 e. The molecule has 126 valence electrons. The Labute approximate surface area is 144 Å². The SMILES string of the molecule is CC(=O)C(C)c1ccc(CN2CCN(c3ccccc3)CC2)cc1. The van der Waals surface area contributed by atoms with Gasteiger partial charge in [-0.15, -0.1) is 0 Å². The number of para-hydroxylation sites is 1. The van der Waals surface area contributed by atoms with E-state index in [1.807, 2.05) is 6.92 Å². The Balaban J connectivity index is 1.54. The first kappa shape index (κ1) is 16.7. The number of hydrogen-bond donors (Lipinski definition) is 0. The van der Waals surface area contributed by atoms with E-state index >= 15 is 0 Å². The van der Waals surface area contributed by atoms with Gasteiger partial charge in [-0.05, 0) is 30.2 Å². The summed E-state index contributed by atoms with van der Waals surface area (Å²) in [5, 5.41) is 0. The monoisotopic (exact) mass is 322 g/mol. The molecule has 2 aromatic rings. The standard InChI is InChI=1S/C21H26N2O/c1-17(18(2)24)20-10-8-19(9-11-20)16-22-12-14-23(15-13-22)21-6-4-3-5-7-21/h3-11,17H,12-16H2,1-2H3. The Morgan fingerprint density at radius 2 is 1.58 bits per heavy atom. The molecule has 3 nitrogen and oxygen atoms in total. The van der Waals surface area contributed by atoms with Crippen LogP contribution >= 0.6 is 0 Å². The van der Waals surface area contributed by atoms with E-state index in [4.69, 9.17) is 0 Å². The number of carbonyl (C=O) groups is 1. The number of benzene rings is 2. The summed E-state index contributed by atoms with van der Waals surface area (Å²) in [5.41, 5.74) is 3.75. The number of rotatable bonds is 5. The third kappa shape index (κ3) is 4.04. The molecule has 0 aliphatic carbocycles. The van der Waals surface area contributed by atoms with Gasteiger partial charge in [0.25, 0.3) is 0 Å². The summed E-state index contributed by atoms with van der Waals surface area (Å²) in [6.07, 6.45) is 0. The molecule has 1 atom stereocenters. The fourth-order valence-corrected chi connectivity index (χ4v) is 3.21. The van der Waals surface area contributed by atoms with Crippen LogP contribution in [0.25, 0.3) is 0 Å². The molecule has 3 heteroatoms. The molecular formula is C21H26N2O. The van der Waals surface area contributed by atoms with Crippen molar-refractivity contribution in [3.63, 3.8) is 0 Å². The lowest BCUT2D eigenvalue weighted by molar-refractivity contribution is -0.118. The first-order valence-electron chi connectivity index (χ1n) is 8.75. The molecule has 3 rings (SSSR count). The van der Waals surface area contributed by atoms with Crippen LogP contribution in [0.1, 0.15) is 30.9 Å². The molecule has 1 unspecified atom stereocenters. The van der Waals surface area contributed by atoms with Gasteiger partial charge in [-0.1, -0.05) is 49.4 Å². The molecule has 0 aromatic heterocycles. The molecular weight excluding hydrogens is 296 g/mol. The van der Waals surface area contributed by atoms with Crippen LogP contribution < -0.4 is 4.90 Å². The molecule has 1 aliphatic heterocycles. The number of piperazine rings is 1. The number of ketones is 1. The number of Topliss-reactive ketones (excluding diaryl/α,β-unsaturated/α-hetero) is 1. The van der Waals surface area contributed by atoms with E-state index in [9.17, 15) is 4.79 Å². The Morgan fingerprint density at radius 1 is 0.958 bits per heavy atom. The Morgan fingerprint density at radius 3 is 2.17 bits per heavy atom. The zero-order chi connectivity index (χ0) is 16.9. The van der Waals surface area contributed by atoms with Crippen LogP contribution in [0, 0.1) is 0 Å². The molecule has 1 fully saturated rings. The van der Waals surface area contributed by atoms with Gasteiger partial charge in [0.1, 0.15) is 5.78 Å². The van der Waals surface area contributed by atoms with E-state index in [0.717, 1.165) is 38.3 Å². The van der Waals surface area contributed by atoms with Gasteiger partial charge in [-0.2, -0.15) is 0 Å². The van der Waals surface area contributed by atoms with Crippen LogP contribution in [0.5, 0.6) is 0 Å². The van der Waals surface area contributed by atoms with Gasteiger partial charge in [-0.3, -0.25) is 9.69 Å². The predicted octanol–water partition coefficient (Wildman–Crippen LogP) is 3.70. The summed E-state index contributed by atoms with van der Waals surface area (Å²) in [6.45, 7) is 8.93. The minimum atomic E-state index is -0.00605. The molecule has 0 amide bonds. The molecule has 0 radical (unpaired) electrons. The summed E-state index contributed by atoms with van der Waals surface area (Å²) >= 11 is 0. The summed E-state index contributed by atoms with van der Waals surface area (Å²) in [7, 11) is 0. The number of anilines is 1. The quantitative estimate of drug-likeness (QED) is 0.838. The third-order valence-corrected chi connectivity index (χ3v) is 4.99. The highest BCUT2D eigenvalue weighted by molar-refractivity contribution is 5.82. The normalized spacial score (nSPS) is 16.8. The van der Waals surface area contributed by atoms with Crippen molar-refractivity contribution in [2.45, 2.75) is 26.3 Å². The largest absolute Gasteiger partial charge is 0.369 e. The van der Waals surface area contributed by atoms with Crippen molar-refractivity contribution in [2.75, 3.05) is 31.1 Å². The minimum absolute atomic E-state index is 0.00605. The second-order valence-corrected chi connectivity index (χ2v) is 6.67. The smallest absolute Gasteiger partial charge is 0.136 e. The Kier molecular flexibility index (Phi) is 5.31. The lowest BCUT2D eigenvalue weighted by Gasteiger charge is -2.36. The summed E-state index contributed by atoms with van der Waals surface area (Å²) in [5.74, 6) is 0.216. The van der Waals surface area contributed by atoms with Crippen molar-refractivity contribution in [1.29, 1.82) is 0 Å². The molecule has 2 aromatic carbocycles. The lowest BCUT2D eigenvalue weighted by Crippen LogP contribution is -2.45.